The van der Waals surface area contributed by atoms with Crippen LogP contribution in [0.15, 0.2) is 18.5 Å². The lowest BCUT2D eigenvalue weighted by Gasteiger charge is -2.31. The molecule has 0 atom stereocenters. The SMILES string of the molecule is Cc1cnc(C(=O)N2CCC(Cc3cc(N(C)C)nc(C)n3)CC2)cn1. The van der Waals surface area contributed by atoms with Gasteiger partial charge in [0.1, 0.15) is 17.3 Å². The Morgan fingerprint density at radius 1 is 1.15 bits per heavy atom. The summed E-state index contributed by atoms with van der Waals surface area (Å²) < 4.78 is 0. The zero-order valence-corrected chi connectivity index (χ0v) is 15.9. The minimum Gasteiger partial charge on any atom is -0.363 e. The molecule has 1 fully saturated rings. The Labute approximate surface area is 154 Å². The number of amides is 1. The maximum absolute atomic E-state index is 12.5. The van der Waals surface area contributed by atoms with Crippen LogP contribution in [0, 0.1) is 19.8 Å². The Hall–Kier alpha value is -2.57. The number of aromatic nitrogens is 4. The summed E-state index contributed by atoms with van der Waals surface area (Å²) in [5.74, 6) is 2.26. The molecule has 0 aromatic carbocycles. The van der Waals surface area contributed by atoms with Crippen molar-refractivity contribution >= 4 is 11.7 Å². The van der Waals surface area contributed by atoms with Crippen LogP contribution in [-0.2, 0) is 6.42 Å². The van der Waals surface area contributed by atoms with Gasteiger partial charge in [-0.1, -0.05) is 0 Å². The molecule has 0 saturated carbocycles. The molecule has 7 nitrogen and oxygen atoms in total. The number of rotatable bonds is 4. The summed E-state index contributed by atoms with van der Waals surface area (Å²) in [4.78, 5) is 33.8. The van der Waals surface area contributed by atoms with Gasteiger partial charge in [0.25, 0.3) is 5.91 Å². The van der Waals surface area contributed by atoms with Crippen molar-refractivity contribution in [2.75, 3.05) is 32.1 Å². The molecule has 0 N–H and O–H groups in total. The first-order valence-electron chi connectivity index (χ1n) is 9.02. The number of piperidine rings is 1. The van der Waals surface area contributed by atoms with Crippen molar-refractivity contribution in [3.63, 3.8) is 0 Å². The Morgan fingerprint density at radius 2 is 1.88 bits per heavy atom. The van der Waals surface area contributed by atoms with E-state index in [9.17, 15) is 4.79 Å². The minimum absolute atomic E-state index is 0.0243. The van der Waals surface area contributed by atoms with Crippen LogP contribution in [0.25, 0.3) is 0 Å². The number of likely N-dealkylation sites (tertiary alicyclic amines) is 1. The first kappa shape index (κ1) is 18.2. The van der Waals surface area contributed by atoms with Gasteiger partial charge >= 0.3 is 0 Å². The zero-order chi connectivity index (χ0) is 18.7. The highest BCUT2D eigenvalue weighted by Crippen LogP contribution is 2.23. The van der Waals surface area contributed by atoms with E-state index in [1.807, 2.05) is 37.7 Å². The van der Waals surface area contributed by atoms with Crippen molar-refractivity contribution in [2.45, 2.75) is 33.1 Å². The van der Waals surface area contributed by atoms with E-state index in [0.717, 1.165) is 55.4 Å². The van der Waals surface area contributed by atoms with Gasteiger partial charge in [0.2, 0.25) is 0 Å². The average molecular weight is 354 g/mol. The number of nitrogens with zero attached hydrogens (tertiary/aromatic N) is 6. The molecule has 138 valence electrons. The molecule has 1 aliphatic heterocycles. The first-order chi connectivity index (χ1) is 12.4. The van der Waals surface area contributed by atoms with E-state index >= 15 is 0 Å². The smallest absolute Gasteiger partial charge is 0.274 e. The largest absolute Gasteiger partial charge is 0.363 e. The highest BCUT2D eigenvalue weighted by atomic mass is 16.2. The van der Waals surface area contributed by atoms with E-state index in [1.165, 1.54) is 0 Å². The van der Waals surface area contributed by atoms with E-state index in [0.29, 0.717) is 11.6 Å². The molecule has 0 spiro atoms. The predicted octanol–water partition coefficient (Wildman–Crippen LogP) is 2.04. The summed E-state index contributed by atoms with van der Waals surface area (Å²) in [6.45, 7) is 5.30. The van der Waals surface area contributed by atoms with E-state index in [-0.39, 0.29) is 5.91 Å². The molecule has 0 unspecified atom stereocenters. The van der Waals surface area contributed by atoms with Crippen LogP contribution in [0.4, 0.5) is 5.82 Å². The Bertz CT molecular complexity index is 766. The zero-order valence-electron chi connectivity index (χ0n) is 15.9. The van der Waals surface area contributed by atoms with Gasteiger partial charge in [-0.25, -0.2) is 15.0 Å². The molecule has 3 heterocycles. The number of hydrogen-bond donors (Lipinski definition) is 0. The fourth-order valence-corrected chi connectivity index (χ4v) is 3.25. The number of anilines is 1. The summed E-state index contributed by atoms with van der Waals surface area (Å²) in [5.41, 5.74) is 2.32. The molecule has 0 radical (unpaired) electrons. The molecule has 26 heavy (non-hydrogen) atoms. The van der Waals surface area contributed by atoms with Crippen LogP contribution in [0.2, 0.25) is 0 Å². The summed E-state index contributed by atoms with van der Waals surface area (Å²) in [7, 11) is 3.98. The van der Waals surface area contributed by atoms with Gasteiger partial charge in [-0.2, -0.15) is 0 Å². The summed E-state index contributed by atoms with van der Waals surface area (Å²) >= 11 is 0. The normalized spacial score (nSPS) is 15.2. The number of hydrogen-bond acceptors (Lipinski definition) is 6. The maximum atomic E-state index is 12.5. The maximum Gasteiger partial charge on any atom is 0.274 e. The highest BCUT2D eigenvalue weighted by Gasteiger charge is 2.25. The lowest BCUT2D eigenvalue weighted by Crippen LogP contribution is -2.39. The van der Waals surface area contributed by atoms with Crippen LogP contribution in [0.1, 0.15) is 40.5 Å². The van der Waals surface area contributed by atoms with Crippen LogP contribution in [0.3, 0.4) is 0 Å². The van der Waals surface area contributed by atoms with E-state index < -0.39 is 0 Å². The molecule has 0 bridgehead atoms. The Morgan fingerprint density at radius 3 is 2.50 bits per heavy atom. The van der Waals surface area contributed by atoms with Crippen molar-refractivity contribution in [1.82, 2.24) is 24.8 Å². The third kappa shape index (κ3) is 4.33. The fraction of sp³-hybridized carbons (Fsp3) is 0.526. The third-order valence-electron chi connectivity index (χ3n) is 4.74. The summed E-state index contributed by atoms with van der Waals surface area (Å²) in [6, 6.07) is 2.06. The fourth-order valence-electron chi connectivity index (χ4n) is 3.25. The second kappa shape index (κ2) is 7.76. The summed E-state index contributed by atoms with van der Waals surface area (Å²) in [6.07, 6.45) is 6.09. The molecule has 7 heteroatoms. The number of carbonyl (C=O) groups is 1. The van der Waals surface area contributed by atoms with Gasteiger partial charge in [0.15, 0.2) is 0 Å². The second-order valence-corrected chi connectivity index (χ2v) is 7.14. The molecule has 2 aromatic rings. The van der Waals surface area contributed by atoms with Gasteiger partial charge in [0.05, 0.1) is 11.9 Å². The summed E-state index contributed by atoms with van der Waals surface area (Å²) in [5, 5.41) is 0. The molecule has 1 amide bonds. The highest BCUT2D eigenvalue weighted by molar-refractivity contribution is 5.92. The second-order valence-electron chi connectivity index (χ2n) is 7.14. The lowest BCUT2D eigenvalue weighted by atomic mass is 9.92. The van der Waals surface area contributed by atoms with Crippen LogP contribution in [0.5, 0.6) is 0 Å². The van der Waals surface area contributed by atoms with Crippen molar-refractivity contribution in [3.05, 3.63) is 41.4 Å². The number of aryl methyl sites for hydroxylation is 2. The van der Waals surface area contributed by atoms with Gasteiger partial charge in [-0.3, -0.25) is 9.78 Å². The van der Waals surface area contributed by atoms with E-state index in [4.69, 9.17) is 0 Å². The first-order valence-corrected chi connectivity index (χ1v) is 9.02. The van der Waals surface area contributed by atoms with Crippen LogP contribution < -0.4 is 4.90 Å². The van der Waals surface area contributed by atoms with Crippen molar-refractivity contribution < 1.29 is 4.79 Å². The van der Waals surface area contributed by atoms with Crippen molar-refractivity contribution in [3.8, 4) is 0 Å². The molecule has 2 aromatic heterocycles. The Kier molecular flexibility index (Phi) is 5.44. The minimum atomic E-state index is -0.0243. The van der Waals surface area contributed by atoms with Crippen LogP contribution in [-0.4, -0.2) is 57.9 Å². The third-order valence-corrected chi connectivity index (χ3v) is 4.74. The standard InChI is InChI=1S/C19H26N6O/c1-13-11-21-17(12-20-13)19(26)25-7-5-15(6-8-25)9-16-10-18(24(3)4)23-14(2)22-16/h10-12,15H,5-9H2,1-4H3. The molecule has 0 aliphatic carbocycles. The Balaban J connectivity index is 1.59. The number of carbonyl (C=O) groups excluding carboxylic acids is 1. The average Bonchev–Trinajstić information content (AvgIpc) is 2.62. The molecular weight excluding hydrogens is 328 g/mol. The molecule has 1 saturated heterocycles. The van der Waals surface area contributed by atoms with Gasteiger partial charge < -0.3 is 9.80 Å². The quantitative estimate of drug-likeness (QED) is 0.836. The van der Waals surface area contributed by atoms with Crippen molar-refractivity contribution in [1.29, 1.82) is 0 Å². The molecule has 1 aliphatic rings. The van der Waals surface area contributed by atoms with Gasteiger partial charge in [0, 0.05) is 45.1 Å². The molecule has 3 rings (SSSR count). The topological polar surface area (TPSA) is 75.1 Å². The van der Waals surface area contributed by atoms with Gasteiger partial charge in [-0.15, -0.1) is 0 Å². The van der Waals surface area contributed by atoms with Crippen molar-refractivity contribution in [2.24, 2.45) is 5.92 Å². The lowest BCUT2D eigenvalue weighted by molar-refractivity contribution is 0.0683. The monoisotopic (exact) mass is 354 g/mol. The van der Waals surface area contributed by atoms with E-state index in [1.54, 1.807) is 12.4 Å². The van der Waals surface area contributed by atoms with E-state index in [2.05, 4.69) is 26.0 Å². The molecular formula is C19H26N6O. The predicted molar refractivity (Wildman–Crippen MR) is 100 cm³/mol. The van der Waals surface area contributed by atoms with Crippen LogP contribution >= 0.6 is 0 Å². The van der Waals surface area contributed by atoms with Gasteiger partial charge in [-0.05, 0) is 39.0 Å².